The van der Waals surface area contributed by atoms with Crippen LogP contribution >= 0.6 is 0 Å². The summed E-state index contributed by atoms with van der Waals surface area (Å²) in [7, 11) is -3.43. The normalized spacial score (nSPS) is 15.0. The zero-order valence-corrected chi connectivity index (χ0v) is 13.1. The number of carbonyl (C=O) groups is 1. The van der Waals surface area contributed by atoms with Gasteiger partial charge in [0.2, 0.25) is 15.9 Å². The molecule has 1 fully saturated rings. The van der Waals surface area contributed by atoms with Crippen LogP contribution in [0.3, 0.4) is 0 Å². The molecule has 7 heteroatoms. The predicted molar refractivity (Wildman–Crippen MR) is 82.2 cm³/mol. The highest BCUT2D eigenvalue weighted by Gasteiger charge is 2.19. The van der Waals surface area contributed by atoms with E-state index in [1.807, 2.05) is 6.07 Å². The van der Waals surface area contributed by atoms with Crippen molar-refractivity contribution >= 4 is 15.9 Å². The van der Waals surface area contributed by atoms with E-state index in [0.29, 0.717) is 37.1 Å². The van der Waals surface area contributed by atoms with E-state index in [4.69, 9.17) is 5.26 Å². The maximum absolute atomic E-state index is 12.0. The molecule has 0 saturated carbocycles. The summed E-state index contributed by atoms with van der Waals surface area (Å²) < 4.78 is 26.5. The van der Waals surface area contributed by atoms with Gasteiger partial charge in [-0.1, -0.05) is 12.1 Å². The van der Waals surface area contributed by atoms with Gasteiger partial charge in [-0.05, 0) is 30.5 Å². The standard InChI is InChI=1S/C15H19N3O3S/c16-11-13-4-1-5-14(10-13)12-22(20,21)17-7-3-9-18-8-2-6-15(18)19/h1,4-5,10,17H,2-3,6-9,12H2. The summed E-state index contributed by atoms with van der Waals surface area (Å²) in [5, 5.41) is 8.81. The number of carbonyl (C=O) groups excluding carboxylic acids is 1. The lowest BCUT2D eigenvalue weighted by Gasteiger charge is -2.15. The first-order valence-corrected chi connectivity index (χ1v) is 8.89. The molecule has 1 heterocycles. The molecule has 1 aliphatic heterocycles. The highest BCUT2D eigenvalue weighted by atomic mass is 32.2. The lowest BCUT2D eigenvalue weighted by Crippen LogP contribution is -2.31. The number of nitrogens with zero attached hydrogens (tertiary/aromatic N) is 2. The van der Waals surface area contributed by atoms with Crippen molar-refractivity contribution in [2.75, 3.05) is 19.6 Å². The highest BCUT2D eigenvalue weighted by Crippen LogP contribution is 2.10. The molecule has 0 radical (unpaired) electrons. The van der Waals surface area contributed by atoms with Crippen molar-refractivity contribution in [2.45, 2.75) is 25.0 Å². The van der Waals surface area contributed by atoms with Crippen molar-refractivity contribution in [3.05, 3.63) is 35.4 Å². The van der Waals surface area contributed by atoms with Gasteiger partial charge in [-0.2, -0.15) is 5.26 Å². The summed E-state index contributed by atoms with van der Waals surface area (Å²) in [6, 6.07) is 8.55. The number of likely N-dealkylation sites (tertiary alicyclic amines) is 1. The average Bonchev–Trinajstić information content (AvgIpc) is 2.89. The Morgan fingerprint density at radius 2 is 2.18 bits per heavy atom. The Labute approximate surface area is 130 Å². The molecule has 118 valence electrons. The lowest BCUT2D eigenvalue weighted by molar-refractivity contribution is -0.127. The molecule has 1 amide bonds. The summed E-state index contributed by atoms with van der Waals surface area (Å²) >= 11 is 0. The SMILES string of the molecule is N#Cc1cccc(CS(=O)(=O)NCCCN2CCCC2=O)c1. The first-order valence-electron chi connectivity index (χ1n) is 7.24. The van der Waals surface area contributed by atoms with E-state index in [9.17, 15) is 13.2 Å². The smallest absolute Gasteiger partial charge is 0.222 e. The highest BCUT2D eigenvalue weighted by molar-refractivity contribution is 7.88. The zero-order valence-electron chi connectivity index (χ0n) is 12.3. The third-order valence-corrected chi connectivity index (χ3v) is 4.87. The third kappa shape index (κ3) is 4.83. The Bertz CT molecular complexity index is 680. The summed E-state index contributed by atoms with van der Waals surface area (Å²) in [6.45, 7) is 1.67. The number of benzene rings is 1. The van der Waals surface area contributed by atoms with Crippen LogP contribution < -0.4 is 4.72 Å². The van der Waals surface area contributed by atoms with Crippen LogP contribution in [0.2, 0.25) is 0 Å². The lowest BCUT2D eigenvalue weighted by atomic mass is 10.2. The van der Waals surface area contributed by atoms with Gasteiger partial charge >= 0.3 is 0 Å². The van der Waals surface area contributed by atoms with Gasteiger partial charge in [-0.15, -0.1) is 0 Å². The minimum atomic E-state index is -3.43. The monoisotopic (exact) mass is 321 g/mol. The maximum atomic E-state index is 12.0. The van der Waals surface area contributed by atoms with E-state index in [1.165, 1.54) is 0 Å². The van der Waals surface area contributed by atoms with Crippen LogP contribution in [-0.2, 0) is 20.6 Å². The molecule has 0 bridgehead atoms. The van der Waals surface area contributed by atoms with Gasteiger partial charge in [0.05, 0.1) is 17.4 Å². The van der Waals surface area contributed by atoms with Crippen LogP contribution in [0.25, 0.3) is 0 Å². The third-order valence-electron chi connectivity index (χ3n) is 3.51. The molecular formula is C15H19N3O3S. The minimum absolute atomic E-state index is 0.148. The van der Waals surface area contributed by atoms with Crippen molar-refractivity contribution < 1.29 is 13.2 Å². The molecule has 1 aliphatic rings. The molecule has 1 aromatic rings. The number of nitriles is 1. The fourth-order valence-corrected chi connectivity index (χ4v) is 3.61. The fourth-order valence-electron chi connectivity index (χ4n) is 2.44. The minimum Gasteiger partial charge on any atom is -0.343 e. The summed E-state index contributed by atoms with van der Waals surface area (Å²) in [5.41, 5.74) is 1.03. The van der Waals surface area contributed by atoms with Crippen LogP contribution in [0, 0.1) is 11.3 Å². The Hall–Kier alpha value is -1.91. The Morgan fingerprint density at radius 1 is 1.36 bits per heavy atom. The Kier molecular flexibility index (Phi) is 5.52. The Balaban J connectivity index is 1.78. The summed E-state index contributed by atoms with van der Waals surface area (Å²) in [5.74, 6) is 0.00158. The van der Waals surface area contributed by atoms with Gasteiger partial charge in [0.15, 0.2) is 0 Å². The largest absolute Gasteiger partial charge is 0.343 e. The van der Waals surface area contributed by atoms with Crippen LogP contribution in [0.1, 0.15) is 30.4 Å². The first-order chi connectivity index (χ1) is 10.5. The van der Waals surface area contributed by atoms with Crippen molar-refractivity contribution in [3.8, 4) is 6.07 Å². The number of nitrogens with one attached hydrogen (secondary N) is 1. The van der Waals surface area contributed by atoms with E-state index >= 15 is 0 Å². The number of sulfonamides is 1. The summed E-state index contributed by atoms with van der Waals surface area (Å²) in [4.78, 5) is 13.2. The molecule has 0 aliphatic carbocycles. The molecule has 0 aromatic heterocycles. The molecule has 1 saturated heterocycles. The fraction of sp³-hybridized carbons (Fsp3) is 0.467. The van der Waals surface area contributed by atoms with E-state index < -0.39 is 10.0 Å². The van der Waals surface area contributed by atoms with E-state index in [0.717, 1.165) is 13.0 Å². The number of rotatable bonds is 7. The van der Waals surface area contributed by atoms with Gasteiger partial charge < -0.3 is 4.90 Å². The van der Waals surface area contributed by atoms with Gasteiger partial charge in [-0.25, -0.2) is 13.1 Å². The molecule has 22 heavy (non-hydrogen) atoms. The predicted octanol–water partition coefficient (Wildman–Crippen LogP) is 0.990. The second-order valence-electron chi connectivity index (χ2n) is 5.30. The Morgan fingerprint density at radius 3 is 2.86 bits per heavy atom. The number of hydrogen-bond acceptors (Lipinski definition) is 4. The summed E-state index contributed by atoms with van der Waals surface area (Å²) in [6.07, 6.45) is 2.09. The van der Waals surface area contributed by atoms with Crippen molar-refractivity contribution in [2.24, 2.45) is 0 Å². The number of amides is 1. The van der Waals surface area contributed by atoms with Crippen LogP contribution in [0.5, 0.6) is 0 Å². The van der Waals surface area contributed by atoms with E-state index in [1.54, 1.807) is 29.2 Å². The topological polar surface area (TPSA) is 90.3 Å². The second kappa shape index (κ2) is 7.38. The molecule has 0 spiro atoms. The molecule has 1 N–H and O–H groups in total. The van der Waals surface area contributed by atoms with Crippen molar-refractivity contribution in [1.82, 2.24) is 9.62 Å². The average molecular weight is 321 g/mol. The van der Waals surface area contributed by atoms with Crippen LogP contribution in [0.4, 0.5) is 0 Å². The molecule has 0 unspecified atom stereocenters. The maximum Gasteiger partial charge on any atom is 0.222 e. The molecular weight excluding hydrogens is 302 g/mol. The van der Waals surface area contributed by atoms with Crippen LogP contribution in [0.15, 0.2) is 24.3 Å². The van der Waals surface area contributed by atoms with Gasteiger partial charge in [-0.3, -0.25) is 4.79 Å². The van der Waals surface area contributed by atoms with Crippen molar-refractivity contribution in [3.63, 3.8) is 0 Å². The first kappa shape index (κ1) is 16.5. The molecule has 2 rings (SSSR count). The quantitative estimate of drug-likeness (QED) is 0.758. The van der Waals surface area contributed by atoms with E-state index in [2.05, 4.69) is 4.72 Å². The zero-order chi connectivity index (χ0) is 16.0. The molecule has 1 aromatic carbocycles. The van der Waals surface area contributed by atoms with Gasteiger partial charge in [0.1, 0.15) is 0 Å². The van der Waals surface area contributed by atoms with Gasteiger partial charge in [0.25, 0.3) is 0 Å². The molecule has 0 atom stereocenters. The second-order valence-corrected chi connectivity index (χ2v) is 7.11. The van der Waals surface area contributed by atoms with Gasteiger partial charge in [0, 0.05) is 26.1 Å². The number of hydrogen-bond donors (Lipinski definition) is 1. The van der Waals surface area contributed by atoms with E-state index in [-0.39, 0.29) is 11.7 Å². The molecule has 6 nitrogen and oxygen atoms in total. The van der Waals surface area contributed by atoms with Crippen LogP contribution in [-0.4, -0.2) is 38.9 Å². The van der Waals surface area contributed by atoms with Crippen molar-refractivity contribution in [1.29, 1.82) is 5.26 Å².